The lowest BCUT2D eigenvalue weighted by Crippen LogP contribution is -2.57. The Kier molecular flexibility index (Phi) is 7.92. The first kappa shape index (κ1) is 24.1. The Balaban J connectivity index is 0.00000149. The van der Waals surface area contributed by atoms with E-state index < -0.39 is 0 Å². The van der Waals surface area contributed by atoms with Crippen LogP contribution in [0.4, 0.5) is 17.2 Å². The van der Waals surface area contributed by atoms with Gasteiger partial charge in [0.05, 0.1) is 0 Å². The maximum atomic E-state index is 11.6. The molecule has 1 aliphatic heterocycles. The number of hydrogen-bond acceptors (Lipinski definition) is 7. The van der Waals surface area contributed by atoms with Gasteiger partial charge in [0.2, 0.25) is 0 Å². The second kappa shape index (κ2) is 10.8. The number of aliphatic hydroxyl groups excluding tert-OH is 1. The fourth-order valence-electron chi connectivity index (χ4n) is 3.83. The third-order valence-corrected chi connectivity index (χ3v) is 5.71. The monoisotopic (exact) mass is 445 g/mol. The Morgan fingerprint density at radius 1 is 1.12 bits per heavy atom. The highest BCUT2D eigenvalue weighted by atomic mass is 16.2. The number of nitrogens with zero attached hydrogens (tertiary/aromatic N) is 3. The van der Waals surface area contributed by atoms with E-state index in [9.17, 15) is 4.79 Å². The second-order valence-electron chi connectivity index (χ2n) is 8.12. The van der Waals surface area contributed by atoms with Crippen LogP contribution in [-0.4, -0.2) is 67.3 Å². The van der Waals surface area contributed by atoms with Crippen molar-refractivity contribution in [1.82, 2.24) is 9.88 Å². The summed E-state index contributed by atoms with van der Waals surface area (Å²) in [6, 6.07) is 20.3. The van der Waals surface area contributed by atoms with E-state index in [0.29, 0.717) is 28.8 Å². The van der Waals surface area contributed by atoms with Crippen molar-refractivity contribution < 1.29 is 9.90 Å². The van der Waals surface area contributed by atoms with Crippen molar-refractivity contribution in [2.24, 2.45) is 0 Å². The van der Waals surface area contributed by atoms with Gasteiger partial charge in [-0.3, -0.25) is 4.79 Å². The highest BCUT2D eigenvalue weighted by Gasteiger charge is 2.28. The molecule has 0 radical (unpaired) electrons. The molecule has 4 rings (SSSR count). The molecule has 0 atom stereocenters. The van der Waals surface area contributed by atoms with Gasteiger partial charge in [0.15, 0.2) is 6.29 Å². The van der Waals surface area contributed by atoms with E-state index in [1.165, 1.54) is 5.69 Å². The van der Waals surface area contributed by atoms with Gasteiger partial charge in [-0.2, -0.15) is 0 Å². The maximum absolute atomic E-state index is 11.6. The zero-order valence-corrected chi connectivity index (χ0v) is 19.5. The Labute approximate surface area is 195 Å². The highest BCUT2D eigenvalue weighted by Crippen LogP contribution is 2.33. The van der Waals surface area contributed by atoms with E-state index in [-0.39, 0.29) is 0 Å². The summed E-state index contributed by atoms with van der Waals surface area (Å²) in [5, 5.41) is 18.7. The van der Waals surface area contributed by atoms with Crippen LogP contribution < -0.4 is 10.2 Å². The summed E-state index contributed by atoms with van der Waals surface area (Å²) in [5.74, 6) is 0.513. The van der Waals surface area contributed by atoms with Crippen molar-refractivity contribution in [3.8, 4) is 11.1 Å². The summed E-state index contributed by atoms with van der Waals surface area (Å²) < 4.78 is 0. The van der Waals surface area contributed by atoms with Crippen LogP contribution in [0, 0.1) is 5.41 Å². The molecule has 0 aliphatic carbocycles. The molecular weight excluding hydrogens is 414 g/mol. The zero-order valence-electron chi connectivity index (χ0n) is 19.5. The Morgan fingerprint density at radius 3 is 2.30 bits per heavy atom. The maximum Gasteiger partial charge on any atom is 0.168 e. The molecule has 1 aromatic heterocycles. The van der Waals surface area contributed by atoms with E-state index in [0.717, 1.165) is 43.3 Å². The van der Waals surface area contributed by atoms with Crippen LogP contribution in [0.15, 0.2) is 60.7 Å². The topological polar surface area (TPSA) is 92.6 Å². The highest BCUT2D eigenvalue weighted by molar-refractivity contribution is 6.07. The van der Waals surface area contributed by atoms with Crippen LogP contribution in [0.1, 0.15) is 23.0 Å². The molecule has 1 saturated heterocycles. The number of rotatable bonds is 7. The van der Waals surface area contributed by atoms with Gasteiger partial charge >= 0.3 is 0 Å². The molecule has 1 fully saturated rings. The number of carbonyl (C=O) groups excluding carboxylic acids is 1. The van der Waals surface area contributed by atoms with Gasteiger partial charge in [0, 0.05) is 48.9 Å². The van der Waals surface area contributed by atoms with Crippen molar-refractivity contribution in [2.75, 3.05) is 44.5 Å². The summed E-state index contributed by atoms with van der Waals surface area (Å²) in [6.07, 6.45) is 0.749. The van der Waals surface area contributed by atoms with Crippen molar-refractivity contribution in [3.63, 3.8) is 0 Å². The zero-order chi connectivity index (χ0) is 24.0. The molecule has 7 heteroatoms. The average Bonchev–Trinajstić information content (AvgIpc) is 2.79. The van der Waals surface area contributed by atoms with Crippen molar-refractivity contribution in [3.05, 3.63) is 71.9 Å². The SMILES string of the molecule is CC(=N)c1c(-c2ccc(N3CC(N(C)C)C3)cc2)cc(C=O)nc1Nc1ccccc1.CO. The van der Waals surface area contributed by atoms with Crippen LogP contribution in [0.5, 0.6) is 0 Å². The lowest BCUT2D eigenvalue weighted by atomic mass is 9.96. The van der Waals surface area contributed by atoms with Gasteiger partial charge in [0.25, 0.3) is 0 Å². The minimum atomic E-state index is 0.332. The molecule has 0 unspecified atom stereocenters. The predicted octanol–water partition coefficient (Wildman–Crippen LogP) is 4.05. The lowest BCUT2D eigenvalue weighted by molar-refractivity contribution is 0.111. The summed E-state index contributed by atoms with van der Waals surface area (Å²) in [7, 11) is 5.23. The molecule has 3 N–H and O–H groups in total. The molecule has 0 bridgehead atoms. The number of para-hydroxylation sites is 1. The van der Waals surface area contributed by atoms with Crippen LogP contribution in [0.25, 0.3) is 11.1 Å². The Hall–Kier alpha value is -3.55. The smallest absolute Gasteiger partial charge is 0.168 e. The molecule has 0 saturated carbocycles. The summed E-state index contributed by atoms with van der Waals surface area (Å²) in [4.78, 5) is 20.7. The molecule has 172 valence electrons. The predicted molar refractivity (Wildman–Crippen MR) is 135 cm³/mol. The van der Waals surface area contributed by atoms with Gasteiger partial charge in [0.1, 0.15) is 11.5 Å². The van der Waals surface area contributed by atoms with E-state index in [1.807, 2.05) is 30.3 Å². The first-order valence-corrected chi connectivity index (χ1v) is 10.8. The minimum absolute atomic E-state index is 0.332. The minimum Gasteiger partial charge on any atom is -0.400 e. The van der Waals surface area contributed by atoms with Crippen LogP contribution in [-0.2, 0) is 0 Å². The normalized spacial score (nSPS) is 13.1. The lowest BCUT2D eigenvalue weighted by Gasteiger charge is -2.44. The fraction of sp³-hybridized carbons (Fsp3) is 0.269. The number of aldehydes is 1. The largest absolute Gasteiger partial charge is 0.400 e. The number of aliphatic hydroxyl groups is 1. The molecule has 33 heavy (non-hydrogen) atoms. The fourth-order valence-corrected chi connectivity index (χ4v) is 3.83. The number of benzene rings is 2. The molecule has 0 amide bonds. The van der Waals surface area contributed by atoms with Gasteiger partial charge in [-0.1, -0.05) is 30.3 Å². The number of pyridine rings is 1. The number of likely N-dealkylation sites (N-methyl/N-ethyl adjacent to an activating group) is 1. The Bertz CT molecular complexity index is 1090. The molecule has 1 aliphatic rings. The number of anilines is 3. The van der Waals surface area contributed by atoms with Crippen LogP contribution in [0.3, 0.4) is 0 Å². The first-order chi connectivity index (χ1) is 16.0. The molecule has 7 nitrogen and oxygen atoms in total. The second-order valence-corrected chi connectivity index (χ2v) is 8.12. The first-order valence-electron chi connectivity index (χ1n) is 10.8. The Morgan fingerprint density at radius 2 is 1.76 bits per heavy atom. The molecule has 2 heterocycles. The molecule has 2 aromatic carbocycles. The summed E-state index contributed by atoms with van der Waals surface area (Å²) in [5.41, 5.74) is 5.23. The van der Waals surface area contributed by atoms with Crippen molar-refractivity contribution in [2.45, 2.75) is 13.0 Å². The van der Waals surface area contributed by atoms with Crippen molar-refractivity contribution >= 4 is 29.2 Å². The third-order valence-electron chi connectivity index (χ3n) is 5.71. The van der Waals surface area contributed by atoms with Crippen molar-refractivity contribution in [1.29, 1.82) is 5.41 Å². The van der Waals surface area contributed by atoms with E-state index in [1.54, 1.807) is 13.0 Å². The number of aromatic nitrogens is 1. The van der Waals surface area contributed by atoms with Gasteiger partial charge in [-0.05, 0) is 62.5 Å². The summed E-state index contributed by atoms with van der Waals surface area (Å²) in [6.45, 7) is 3.78. The van der Waals surface area contributed by atoms with Crippen LogP contribution >= 0.6 is 0 Å². The average molecular weight is 446 g/mol. The number of hydrogen-bond donors (Lipinski definition) is 3. The number of carbonyl (C=O) groups is 1. The molecule has 3 aromatic rings. The standard InChI is InChI=1S/C25H27N5O.CH4O/c1-17(26)24-23(13-20(16-31)28-25(24)27-19-7-5-4-6-8-19)18-9-11-21(12-10-18)30-14-22(15-30)29(2)3;1-2/h4-13,16,22,26H,14-15H2,1-3H3,(H,27,28);2H,1H3. The molecular formula is C26H31N5O2. The van der Waals surface area contributed by atoms with E-state index in [2.05, 4.69) is 58.5 Å². The van der Waals surface area contributed by atoms with E-state index >= 15 is 0 Å². The van der Waals surface area contributed by atoms with Crippen LogP contribution in [0.2, 0.25) is 0 Å². The quantitative estimate of drug-likeness (QED) is 0.375. The third kappa shape index (κ3) is 5.45. The van der Waals surface area contributed by atoms with Gasteiger partial charge < -0.3 is 25.6 Å². The molecule has 0 spiro atoms. The van der Waals surface area contributed by atoms with E-state index in [4.69, 9.17) is 10.5 Å². The van der Waals surface area contributed by atoms with Gasteiger partial charge in [-0.25, -0.2) is 4.98 Å². The number of nitrogens with one attached hydrogen (secondary N) is 2. The van der Waals surface area contributed by atoms with Gasteiger partial charge in [-0.15, -0.1) is 0 Å². The summed E-state index contributed by atoms with van der Waals surface area (Å²) >= 11 is 0.